The highest BCUT2D eigenvalue weighted by atomic mass is 16.5. The maximum Gasteiger partial charge on any atom is 0.338 e. The molecule has 2 aromatic rings. The van der Waals surface area contributed by atoms with E-state index in [0.717, 1.165) is 5.39 Å². The molecule has 0 aliphatic heterocycles. The van der Waals surface area contributed by atoms with E-state index in [1.807, 2.05) is 6.07 Å². The number of phenols is 1. The summed E-state index contributed by atoms with van der Waals surface area (Å²) in [6.07, 6.45) is 0. The maximum absolute atomic E-state index is 11.5. The summed E-state index contributed by atoms with van der Waals surface area (Å²) in [6, 6.07) is 10.3. The van der Waals surface area contributed by atoms with Crippen LogP contribution in [0.15, 0.2) is 48.6 Å². The van der Waals surface area contributed by atoms with Crippen molar-refractivity contribution in [3.63, 3.8) is 0 Å². The summed E-state index contributed by atoms with van der Waals surface area (Å²) < 4.78 is 5.19. The number of phenolic OH excluding ortho intramolecular Hbond substituents is 1. The summed E-state index contributed by atoms with van der Waals surface area (Å²) in [4.78, 5) is 11.5. The van der Waals surface area contributed by atoms with Crippen molar-refractivity contribution in [2.45, 2.75) is 6.92 Å². The van der Waals surface area contributed by atoms with Crippen LogP contribution in [0.2, 0.25) is 0 Å². The first-order chi connectivity index (χ1) is 8.08. The number of hydrogen-bond donors (Lipinski definition) is 1. The Hall–Kier alpha value is -2.29. The Bertz CT molecular complexity index is 599. The topological polar surface area (TPSA) is 46.5 Å². The van der Waals surface area contributed by atoms with Gasteiger partial charge in [0, 0.05) is 11.0 Å². The zero-order valence-corrected chi connectivity index (χ0v) is 9.43. The molecule has 0 amide bonds. The van der Waals surface area contributed by atoms with E-state index in [-0.39, 0.29) is 5.75 Å². The van der Waals surface area contributed by atoms with Crippen molar-refractivity contribution >= 4 is 16.7 Å². The Labute approximate surface area is 99.0 Å². The molecule has 0 aliphatic rings. The summed E-state index contributed by atoms with van der Waals surface area (Å²) in [7, 11) is 0. The van der Waals surface area contributed by atoms with Crippen molar-refractivity contribution in [2.24, 2.45) is 0 Å². The molecule has 1 N–H and O–H groups in total. The first-order valence-electron chi connectivity index (χ1n) is 5.17. The molecule has 3 heteroatoms. The molecule has 0 aliphatic carbocycles. The average molecular weight is 228 g/mol. The molecular formula is C14H12O3. The van der Waals surface area contributed by atoms with Gasteiger partial charge in [0.25, 0.3) is 0 Å². The lowest BCUT2D eigenvalue weighted by Gasteiger charge is -2.07. The third kappa shape index (κ3) is 2.28. The minimum Gasteiger partial charge on any atom is -0.508 e. The lowest BCUT2D eigenvalue weighted by molar-refractivity contribution is -0.129. The molecule has 2 rings (SSSR count). The lowest BCUT2D eigenvalue weighted by atomic mass is 10.1. The van der Waals surface area contributed by atoms with Crippen LogP contribution < -0.4 is 4.74 Å². The van der Waals surface area contributed by atoms with Crippen molar-refractivity contribution in [3.8, 4) is 11.5 Å². The van der Waals surface area contributed by atoms with Gasteiger partial charge in [-0.3, -0.25) is 0 Å². The molecule has 0 heterocycles. The number of fused-ring (bicyclic) bond motifs is 1. The van der Waals surface area contributed by atoms with E-state index in [9.17, 15) is 9.90 Å². The molecule has 0 fully saturated rings. The first-order valence-corrected chi connectivity index (χ1v) is 5.17. The zero-order chi connectivity index (χ0) is 12.4. The van der Waals surface area contributed by atoms with Gasteiger partial charge < -0.3 is 9.84 Å². The second kappa shape index (κ2) is 4.29. The number of rotatable bonds is 2. The van der Waals surface area contributed by atoms with E-state index in [1.165, 1.54) is 0 Å². The zero-order valence-electron chi connectivity index (χ0n) is 9.43. The smallest absolute Gasteiger partial charge is 0.338 e. The fourth-order valence-corrected chi connectivity index (χ4v) is 1.51. The van der Waals surface area contributed by atoms with E-state index in [1.54, 1.807) is 37.3 Å². The van der Waals surface area contributed by atoms with Crippen LogP contribution in [0.1, 0.15) is 6.92 Å². The van der Waals surface area contributed by atoms with Gasteiger partial charge in [-0.15, -0.1) is 0 Å². The minimum absolute atomic E-state index is 0.135. The van der Waals surface area contributed by atoms with E-state index >= 15 is 0 Å². The lowest BCUT2D eigenvalue weighted by Crippen LogP contribution is -2.08. The Morgan fingerprint density at radius 1 is 1.29 bits per heavy atom. The minimum atomic E-state index is -0.471. The van der Waals surface area contributed by atoms with Gasteiger partial charge in [-0.2, -0.15) is 0 Å². The largest absolute Gasteiger partial charge is 0.508 e. The normalized spacial score (nSPS) is 10.2. The molecule has 0 saturated heterocycles. The van der Waals surface area contributed by atoms with Crippen molar-refractivity contribution in [2.75, 3.05) is 0 Å². The summed E-state index contributed by atoms with van der Waals surface area (Å²) in [6.45, 7) is 5.11. The number of benzene rings is 2. The summed E-state index contributed by atoms with van der Waals surface area (Å²) >= 11 is 0. The molecule has 3 nitrogen and oxygen atoms in total. The third-order valence-electron chi connectivity index (χ3n) is 2.38. The van der Waals surface area contributed by atoms with Gasteiger partial charge in [-0.05, 0) is 30.5 Å². The predicted molar refractivity (Wildman–Crippen MR) is 66.1 cm³/mol. The van der Waals surface area contributed by atoms with Gasteiger partial charge in [-0.25, -0.2) is 4.79 Å². The molecule has 2 aromatic carbocycles. The molecular weight excluding hydrogens is 216 g/mol. The number of ether oxygens (including phenoxy) is 1. The summed E-state index contributed by atoms with van der Waals surface area (Å²) in [5.41, 5.74) is 0.335. The van der Waals surface area contributed by atoms with Crippen LogP contribution in [0, 0.1) is 0 Å². The average Bonchev–Trinajstić information content (AvgIpc) is 2.29. The number of esters is 1. The van der Waals surface area contributed by atoms with Crippen LogP contribution in [0.4, 0.5) is 0 Å². The molecule has 0 aromatic heterocycles. The first kappa shape index (κ1) is 11.2. The van der Waals surface area contributed by atoms with Crippen molar-refractivity contribution in [1.29, 1.82) is 0 Å². The van der Waals surface area contributed by atoms with Gasteiger partial charge in [0.05, 0.1) is 0 Å². The van der Waals surface area contributed by atoms with Crippen LogP contribution in [0.3, 0.4) is 0 Å². The number of hydrogen-bond acceptors (Lipinski definition) is 3. The summed E-state index contributed by atoms with van der Waals surface area (Å²) in [5.74, 6) is 0.0866. The highest BCUT2D eigenvalue weighted by molar-refractivity contribution is 5.94. The predicted octanol–water partition coefficient (Wildman–Crippen LogP) is 3.03. The maximum atomic E-state index is 11.5. The number of carbonyl (C=O) groups excluding carboxylic acids is 1. The molecule has 0 saturated carbocycles. The molecule has 86 valence electrons. The highest BCUT2D eigenvalue weighted by Gasteiger charge is 2.08. The Morgan fingerprint density at radius 3 is 2.76 bits per heavy atom. The van der Waals surface area contributed by atoms with Gasteiger partial charge in [0.1, 0.15) is 11.5 Å². The van der Waals surface area contributed by atoms with Crippen LogP contribution >= 0.6 is 0 Å². The molecule has 0 bridgehead atoms. The fourth-order valence-electron chi connectivity index (χ4n) is 1.51. The Kier molecular flexibility index (Phi) is 2.83. The number of carbonyl (C=O) groups is 1. The van der Waals surface area contributed by atoms with Crippen molar-refractivity contribution < 1.29 is 14.6 Å². The molecule has 0 radical (unpaired) electrons. The van der Waals surface area contributed by atoms with Crippen molar-refractivity contribution in [1.82, 2.24) is 0 Å². The molecule has 0 spiro atoms. The second-order valence-corrected chi connectivity index (χ2v) is 3.83. The third-order valence-corrected chi connectivity index (χ3v) is 2.38. The molecule has 0 unspecified atom stereocenters. The van der Waals surface area contributed by atoms with Crippen LogP contribution in [0.25, 0.3) is 10.8 Å². The highest BCUT2D eigenvalue weighted by Crippen LogP contribution is 2.29. The summed E-state index contributed by atoms with van der Waals surface area (Å²) in [5, 5.41) is 11.0. The SMILES string of the molecule is C=C(C)C(=O)Oc1cccc2ccc(O)cc12. The van der Waals surface area contributed by atoms with E-state index < -0.39 is 5.97 Å². The van der Waals surface area contributed by atoms with Gasteiger partial charge in [-0.1, -0.05) is 24.8 Å². The fraction of sp³-hybridized carbons (Fsp3) is 0.0714. The number of aromatic hydroxyl groups is 1. The van der Waals surface area contributed by atoms with E-state index in [4.69, 9.17) is 4.74 Å². The van der Waals surface area contributed by atoms with Gasteiger partial charge >= 0.3 is 5.97 Å². The van der Waals surface area contributed by atoms with Gasteiger partial charge in [0.15, 0.2) is 0 Å². The van der Waals surface area contributed by atoms with Crippen LogP contribution in [-0.2, 0) is 4.79 Å². The van der Waals surface area contributed by atoms with Crippen LogP contribution in [0.5, 0.6) is 11.5 Å². The van der Waals surface area contributed by atoms with E-state index in [0.29, 0.717) is 16.7 Å². The van der Waals surface area contributed by atoms with Gasteiger partial charge in [0.2, 0.25) is 0 Å². The van der Waals surface area contributed by atoms with Crippen LogP contribution in [-0.4, -0.2) is 11.1 Å². The monoisotopic (exact) mass is 228 g/mol. The van der Waals surface area contributed by atoms with Crippen molar-refractivity contribution in [3.05, 3.63) is 48.6 Å². The molecule has 17 heavy (non-hydrogen) atoms. The second-order valence-electron chi connectivity index (χ2n) is 3.83. The standard InChI is InChI=1S/C14H12O3/c1-9(2)14(16)17-13-5-3-4-10-6-7-11(15)8-12(10)13/h3-8,15H,1H2,2H3. The Balaban J connectivity index is 2.50. The van der Waals surface area contributed by atoms with E-state index in [2.05, 4.69) is 6.58 Å². The molecule has 0 atom stereocenters. The quantitative estimate of drug-likeness (QED) is 0.488. The Morgan fingerprint density at radius 2 is 2.06 bits per heavy atom.